The number of benzene rings is 2. The van der Waals surface area contributed by atoms with E-state index in [0.29, 0.717) is 6.07 Å². The maximum absolute atomic E-state index is 13.2. The summed E-state index contributed by atoms with van der Waals surface area (Å²) < 4.78 is 63.3. The lowest BCUT2D eigenvalue weighted by atomic mass is 10.1. The van der Waals surface area contributed by atoms with E-state index in [-0.39, 0.29) is 16.9 Å². The first-order valence-corrected chi connectivity index (χ1v) is 8.56. The van der Waals surface area contributed by atoms with Crippen LogP contribution >= 0.6 is 0 Å². The number of nitrogens with one attached hydrogen (secondary N) is 1. The van der Waals surface area contributed by atoms with Crippen LogP contribution in [0, 0.1) is 0 Å². The molecular formula is C15H11F3N4O3S. The third-order valence-corrected chi connectivity index (χ3v) is 4.58. The van der Waals surface area contributed by atoms with E-state index < -0.39 is 43.6 Å². The fourth-order valence-corrected chi connectivity index (χ4v) is 3.40. The van der Waals surface area contributed by atoms with E-state index in [1.165, 1.54) is 12.1 Å². The number of carbonyl (C=O) groups is 1. The number of halogens is 3. The number of primary sulfonamides is 1. The highest BCUT2D eigenvalue weighted by Crippen LogP contribution is 2.39. The van der Waals surface area contributed by atoms with Crippen LogP contribution in [-0.2, 0) is 16.2 Å². The second kappa shape index (κ2) is 5.81. The first-order valence-electron chi connectivity index (χ1n) is 7.02. The molecule has 0 spiro atoms. The first kappa shape index (κ1) is 17.9. The zero-order valence-corrected chi connectivity index (χ0v) is 13.6. The zero-order chi connectivity index (χ0) is 19.3. The van der Waals surface area contributed by atoms with Crippen molar-refractivity contribution in [1.29, 1.82) is 0 Å². The SMILES string of the molecule is Nc1cc(C(F)(F)F)c(S(N)(=O)=O)c2nc(C(=O)c3ccccc3)[nH]c12. The van der Waals surface area contributed by atoms with Crippen molar-refractivity contribution in [3.63, 3.8) is 0 Å². The predicted octanol–water partition coefficient (Wildman–Crippen LogP) is 2.04. The van der Waals surface area contributed by atoms with E-state index >= 15 is 0 Å². The van der Waals surface area contributed by atoms with Crippen LogP contribution in [0.1, 0.15) is 21.7 Å². The highest BCUT2D eigenvalue weighted by molar-refractivity contribution is 7.89. The van der Waals surface area contributed by atoms with Crippen molar-refractivity contribution in [2.45, 2.75) is 11.1 Å². The van der Waals surface area contributed by atoms with Gasteiger partial charge in [0, 0.05) is 5.56 Å². The minimum absolute atomic E-state index is 0.207. The Hall–Kier alpha value is -2.92. The zero-order valence-electron chi connectivity index (χ0n) is 12.8. The summed E-state index contributed by atoms with van der Waals surface area (Å²) in [5.74, 6) is -1.00. The number of nitrogens with zero attached hydrogens (tertiary/aromatic N) is 1. The molecule has 0 bridgehead atoms. The van der Waals surface area contributed by atoms with Crippen LogP contribution in [0.2, 0.25) is 0 Å². The Morgan fingerprint density at radius 2 is 1.77 bits per heavy atom. The van der Waals surface area contributed by atoms with E-state index in [1.54, 1.807) is 18.2 Å². The van der Waals surface area contributed by atoms with Crippen molar-refractivity contribution in [3.8, 4) is 0 Å². The molecule has 11 heteroatoms. The molecule has 0 radical (unpaired) electrons. The smallest absolute Gasteiger partial charge is 0.397 e. The Kier molecular flexibility index (Phi) is 4.00. The molecule has 0 saturated carbocycles. The molecule has 1 heterocycles. The molecule has 0 unspecified atom stereocenters. The minimum Gasteiger partial charge on any atom is -0.397 e. The molecule has 1 aromatic heterocycles. The molecule has 0 saturated heterocycles. The van der Waals surface area contributed by atoms with Gasteiger partial charge >= 0.3 is 6.18 Å². The summed E-state index contributed by atoms with van der Waals surface area (Å²) in [5, 5.41) is 4.96. The number of nitrogens with two attached hydrogens (primary N) is 2. The van der Waals surface area contributed by atoms with Gasteiger partial charge < -0.3 is 10.7 Å². The van der Waals surface area contributed by atoms with E-state index in [4.69, 9.17) is 10.9 Å². The van der Waals surface area contributed by atoms with Gasteiger partial charge in [-0.1, -0.05) is 30.3 Å². The lowest BCUT2D eigenvalue weighted by molar-refractivity contribution is -0.139. The molecule has 0 aliphatic rings. The van der Waals surface area contributed by atoms with Crippen LogP contribution in [0.4, 0.5) is 18.9 Å². The molecule has 0 amide bonds. The molecule has 3 aromatic rings. The minimum atomic E-state index is -5.04. The van der Waals surface area contributed by atoms with Crippen LogP contribution in [0.25, 0.3) is 11.0 Å². The molecule has 26 heavy (non-hydrogen) atoms. The Balaban J connectivity index is 2.34. The largest absolute Gasteiger partial charge is 0.417 e. The van der Waals surface area contributed by atoms with E-state index in [1.807, 2.05) is 0 Å². The maximum atomic E-state index is 13.2. The van der Waals surface area contributed by atoms with Gasteiger partial charge in [0.15, 0.2) is 5.82 Å². The van der Waals surface area contributed by atoms with Gasteiger partial charge in [0.05, 0.1) is 16.8 Å². The lowest BCUT2D eigenvalue weighted by Gasteiger charge is -2.12. The van der Waals surface area contributed by atoms with Crippen LogP contribution in [0.15, 0.2) is 41.3 Å². The average Bonchev–Trinajstić information content (AvgIpc) is 2.98. The summed E-state index contributed by atoms with van der Waals surface area (Å²) in [6.07, 6.45) is -5.04. The van der Waals surface area contributed by atoms with Crippen LogP contribution in [0.5, 0.6) is 0 Å². The van der Waals surface area contributed by atoms with Gasteiger partial charge in [0.25, 0.3) is 0 Å². The summed E-state index contributed by atoms with van der Waals surface area (Å²) in [4.78, 5) is 17.4. The van der Waals surface area contributed by atoms with E-state index in [2.05, 4.69) is 9.97 Å². The summed E-state index contributed by atoms with van der Waals surface area (Å²) in [7, 11) is -4.81. The summed E-state index contributed by atoms with van der Waals surface area (Å²) >= 11 is 0. The van der Waals surface area contributed by atoms with Crippen molar-refractivity contribution in [1.82, 2.24) is 9.97 Å². The number of fused-ring (bicyclic) bond motifs is 1. The van der Waals surface area contributed by atoms with Gasteiger partial charge in [-0.05, 0) is 6.07 Å². The standard InChI is InChI=1S/C15H11F3N4O3S/c16-15(17,18)8-6-9(19)10-11(13(8)26(20,24)25)22-14(21-10)12(23)7-4-2-1-3-5-7/h1-6H,19H2,(H,21,22)(H2,20,24,25). The summed E-state index contributed by atoms with van der Waals surface area (Å²) in [6.45, 7) is 0. The van der Waals surface area contributed by atoms with Crippen molar-refractivity contribution in [3.05, 3.63) is 53.3 Å². The van der Waals surface area contributed by atoms with Crippen LogP contribution in [-0.4, -0.2) is 24.2 Å². The number of ketones is 1. The maximum Gasteiger partial charge on any atom is 0.417 e. The number of imidazole rings is 1. The fourth-order valence-electron chi connectivity index (χ4n) is 2.50. The Morgan fingerprint density at radius 3 is 2.31 bits per heavy atom. The number of rotatable bonds is 3. The Morgan fingerprint density at radius 1 is 1.15 bits per heavy atom. The molecule has 0 atom stereocenters. The monoisotopic (exact) mass is 384 g/mol. The first-order chi connectivity index (χ1) is 12.0. The third kappa shape index (κ3) is 3.02. The van der Waals surface area contributed by atoms with E-state index in [9.17, 15) is 26.4 Å². The van der Waals surface area contributed by atoms with Gasteiger partial charge in [-0.2, -0.15) is 13.2 Å². The molecule has 0 aliphatic heterocycles. The van der Waals surface area contributed by atoms with Crippen LogP contribution < -0.4 is 10.9 Å². The molecule has 3 rings (SSSR count). The van der Waals surface area contributed by atoms with Gasteiger partial charge in [-0.3, -0.25) is 4.79 Å². The van der Waals surface area contributed by atoms with Crippen molar-refractivity contribution < 1.29 is 26.4 Å². The summed E-state index contributed by atoms with van der Waals surface area (Å²) in [5.41, 5.74) is 2.98. The van der Waals surface area contributed by atoms with Gasteiger partial charge in [-0.25, -0.2) is 18.5 Å². The molecule has 5 N–H and O–H groups in total. The van der Waals surface area contributed by atoms with Gasteiger partial charge in [-0.15, -0.1) is 0 Å². The number of nitrogen functional groups attached to an aromatic ring is 1. The molecule has 0 aliphatic carbocycles. The molecular weight excluding hydrogens is 373 g/mol. The quantitative estimate of drug-likeness (QED) is 0.470. The van der Waals surface area contributed by atoms with Crippen LogP contribution in [0.3, 0.4) is 0 Å². The van der Waals surface area contributed by atoms with Crippen molar-refractivity contribution >= 4 is 32.5 Å². The average molecular weight is 384 g/mol. The fraction of sp³-hybridized carbons (Fsp3) is 0.0667. The number of H-pyrrole nitrogens is 1. The molecule has 2 aromatic carbocycles. The number of alkyl halides is 3. The molecule has 136 valence electrons. The van der Waals surface area contributed by atoms with Gasteiger partial charge in [0.1, 0.15) is 10.4 Å². The third-order valence-electron chi connectivity index (χ3n) is 3.59. The highest BCUT2D eigenvalue weighted by Gasteiger charge is 2.39. The van der Waals surface area contributed by atoms with Crippen molar-refractivity contribution in [2.24, 2.45) is 5.14 Å². The number of aromatic nitrogens is 2. The van der Waals surface area contributed by atoms with Crippen molar-refractivity contribution in [2.75, 3.05) is 5.73 Å². The number of sulfonamides is 1. The predicted molar refractivity (Wildman–Crippen MR) is 86.8 cm³/mol. The number of hydrogen-bond donors (Lipinski definition) is 3. The second-order valence-electron chi connectivity index (χ2n) is 5.39. The number of hydrogen-bond acceptors (Lipinski definition) is 5. The Bertz CT molecular complexity index is 1120. The normalized spacial score (nSPS) is 12.5. The number of aromatic amines is 1. The molecule has 7 nitrogen and oxygen atoms in total. The number of anilines is 1. The van der Waals surface area contributed by atoms with Gasteiger partial charge in [0.2, 0.25) is 15.8 Å². The number of carbonyl (C=O) groups excluding carboxylic acids is 1. The van der Waals surface area contributed by atoms with E-state index in [0.717, 1.165) is 0 Å². The highest BCUT2D eigenvalue weighted by atomic mass is 32.2. The lowest BCUT2D eigenvalue weighted by Crippen LogP contribution is -2.20. The Labute approximate surface area is 144 Å². The second-order valence-corrected chi connectivity index (χ2v) is 6.89. The molecule has 0 fully saturated rings. The topological polar surface area (TPSA) is 132 Å². The summed E-state index contributed by atoms with van der Waals surface area (Å²) in [6, 6.07) is 8.23.